The second-order valence-electron chi connectivity index (χ2n) is 5.17. The molecule has 0 saturated heterocycles. The maximum Gasteiger partial charge on any atom is 0.294 e. The summed E-state index contributed by atoms with van der Waals surface area (Å²) in [7, 11) is 0. The lowest BCUT2D eigenvalue weighted by atomic mass is 10.0. The molecular formula is C16H14ClN3O2. The first kappa shape index (κ1) is 14.6. The predicted molar refractivity (Wildman–Crippen MR) is 87.0 cm³/mol. The Morgan fingerprint density at radius 2 is 1.95 bits per heavy atom. The van der Waals surface area contributed by atoms with Crippen LogP contribution in [0.2, 0.25) is 5.02 Å². The quantitative estimate of drug-likeness (QED) is 0.564. The van der Waals surface area contributed by atoms with E-state index in [1.807, 2.05) is 36.4 Å². The summed E-state index contributed by atoms with van der Waals surface area (Å²) in [6, 6.07) is 14.4. The van der Waals surface area contributed by atoms with Crippen molar-refractivity contribution in [3.63, 3.8) is 0 Å². The fraction of sp³-hybridized carbons (Fsp3) is 0.125. The van der Waals surface area contributed by atoms with Gasteiger partial charge in [-0.15, -0.1) is 0 Å². The summed E-state index contributed by atoms with van der Waals surface area (Å²) in [5.41, 5.74) is 8.50. The number of aromatic amines is 1. The van der Waals surface area contributed by atoms with Crippen molar-refractivity contribution in [1.82, 2.24) is 4.98 Å². The molecule has 1 heterocycles. The van der Waals surface area contributed by atoms with E-state index in [2.05, 4.69) is 4.98 Å². The molecule has 3 aromatic rings. The van der Waals surface area contributed by atoms with Crippen LogP contribution in [0.1, 0.15) is 17.3 Å². The van der Waals surface area contributed by atoms with E-state index in [0.717, 1.165) is 11.3 Å². The normalized spacial score (nSPS) is 12.5. The predicted octanol–water partition coefficient (Wildman–Crippen LogP) is 3.97. The minimum Gasteiger partial charge on any atom is -0.351 e. The van der Waals surface area contributed by atoms with Crippen LogP contribution in [-0.4, -0.2) is 9.91 Å². The number of nitrogens with two attached hydrogens (primary N) is 1. The Hall–Kier alpha value is -2.37. The first-order valence-electron chi connectivity index (χ1n) is 6.80. The van der Waals surface area contributed by atoms with Crippen LogP contribution in [0.3, 0.4) is 0 Å². The van der Waals surface area contributed by atoms with Gasteiger partial charge in [-0.1, -0.05) is 41.9 Å². The largest absolute Gasteiger partial charge is 0.351 e. The molecule has 2 aromatic carbocycles. The molecule has 3 N–H and O–H groups in total. The monoisotopic (exact) mass is 315 g/mol. The second-order valence-corrected chi connectivity index (χ2v) is 5.60. The molecule has 0 aliphatic carbocycles. The van der Waals surface area contributed by atoms with E-state index in [4.69, 9.17) is 17.3 Å². The standard InChI is InChI=1S/C16H14ClN3O2/c17-12-7-11-8-14(19-16(11)15(9-12)20(21)22)13(18)6-10-4-2-1-3-5-10/h1-5,7-9,13,19H,6,18H2/t13-/m1/s1. The number of hydrogen-bond donors (Lipinski definition) is 2. The minimum absolute atomic E-state index is 0.0411. The highest BCUT2D eigenvalue weighted by Gasteiger charge is 2.18. The van der Waals surface area contributed by atoms with E-state index in [9.17, 15) is 10.1 Å². The van der Waals surface area contributed by atoms with Crippen LogP contribution in [0.4, 0.5) is 5.69 Å². The third kappa shape index (κ3) is 2.81. The summed E-state index contributed by atoms with van der Waals surface area (Å²) in [5.74, 6) is 0. The fourth-order valence-corrected chi connectivity index (χ4v) is 2.75. The Kier molecular flexibility index (Phi) is 3.83. The van der Waals surface area contributed by atoms with Crippen LogP contribution in [-0.2, 0) is 6.42 Å². The molecule has 22 heavy (non-hydrogen) atoms. The molecule has 0 amide bonds. The summed E-state index contributed by atoms with van der Waals surface area (Å²) >= 11 is 5.94. The van der Waals surface area contributed by atoms with E-state index >= 15 is 0 Å². The number of halogens is 1. The summed E-state index contributed by atoms with van der Waals surface area (Å²) in [4.78, 5) is 13.8. The van der Waals surface area contributed by atoms with Gasteiger partial charge >= 0.3 is 0 Å². The SMILES string of the molecule is N[C@H](Cc1ccccc1)c1cc2cc(Cl)cc([N+](=O)[O-])c2[nH]1. The van der Waals surface area contributed by atoms with Crippen molar-refractivity contribution in [2.24, 2.45) is 5.73 Å². The molecule has 112 valence electrons. The van der Waals surface area contributed by atoms with Gasteiger partial charge in [0, 0.05) is 28.2 Å². The van der Waals surface area contributed by atoms with E-state index in [-0.39, 0.29) is 11.7 Å². The smallest absolute Gasteiger partial charge is 0.294 e. The van der Waals surface area contributed by atoms with E-state index < -0.39 is 4.92 Å². The molecule has 0 bridgehead atoms. The fourth-order valence-electron chi connectivity index (χ4n) is 2.53. The van der Waals surface area contributed by atoms with Gasteiger partial charge in [-0.3, -0.25) is 10.1 Å². The molecule has 0 spiro atoms. The van der Waals surface area contributed by atoms with E-state index in [1.54, 1.807) is 6.07 Å². The number of nitro benzene ring substituents is 1. The van der Waals surface area contributed by atoms with Gasteiger partial charge in [0.15, 0.2) is 0 Å². The molecule has 0 fully saturated rings. The van der Waals surface area contributed by atoms with Crippen molar-refractivity contribution in [1.29, 1.82) is 0 Å². The Bertz CT molecular complexity index is 830. The van der Waals surface area contributed by atoms with Crippen LogP contribution in [0.5, 0.6) is 0 Å². The molecule has 6 heteroatoms. The number of H-pyrrole nitrogens is 1. The van der Waals surface area contributed by atoms with Crippen LogP contribution in [0, 0.1) is 10.1 Å². The molecule has 0 unspecified atom stereocenters. The van der Waals surface area contributed by atoms with Crippen molar-refractivity contribution in [3.05, 3.63) is 74.9 Å². The highest BCUT2D eigenvalue weighted by molar-refractivity contribution is 6.31. The van der Waals surface area contributed by atoms with E-state index in [1.165, 1.54) is 6.07 Å². The highest BCUT2D eigenvalue weighted by atomic mass is 35.5. The lowest BCUT2D eigenvalue weighted by molar-refractivity contribution is -0.383. The van der Waals surface area contributed by atoms with Crippen molar-refractivity contribution in [3.8, 4) is 0 Å². The summed E-state index contributed by atoms with van der Waals surface area (Å²) in [6.45, 7) is 0. The lowest BCUT2D eigenvalue weighted by Crippen LogP contribution is -2.13. The molecular weight excluding hydrogens is 302 g/mol. The number of benzene rings is 2. The zero-order chi connectivity index (χ0) is 15.7. The zero-order valence-electron chi connectivity index (χ0n) is 11.6. The number of nitro groups is 1. The first-order chi connectivity index (χ1) is 10.5. The second kappa shape index (κ2) is 5.79. The van der Waals surface area contributed by atoms with Gasteiger partial charge in [-0.25, -0.2) is 0 Å². The Balaban J connectivity index is 1.98. The molecule has 1 atom stereocenters. The summed E-state index contributed by atoms with van der Waals surface area (Å²) < 4.78 is 0. The molecule has 0 aliphatic heterocycles. The molecule has 5 nitrogen and oxygen atoms in total. The minimum atomic E-state index is -0.447. The topological polar surface area (TPSA) is 84.9 Å². The van der Waals surface area contributed by atoms with Crippen molar-refractivity contribution in [2.75, 3.05) is 0 Å². The number of hydrogen-bond acceptors (Lipinski definition) is 3. The van der Waals surface area contributed by atoms with Gasteiger partial charge in [-0.2, -0.15) is 0 Å². The number of nitrogens with one attached hydrogen (secondary N) is 1. The number of fused-ring (bicyclic) bond motifs is 1. The van der Waals surface area contributed by atoms with Crippen molar-refractivity contribution < 1.29 is 4.92 Å². The van der Waals surface area contributed by atoms with Gasteiger partial charge in [0.2, 0.25) is 0 Å². The van der Waals surface area contributed by atoms with Crippen LogP contribution >= 0.6 is 11.6 Å². The van der Waals surface area contributed by atoms with Crippen LogP contribution in [0.15, 0.2) is 48.5 Å². The third-order valence-electron chi connectivity index (χ3n) is 3.59. The average Bonchev–Trinajstić information content (AvgIpc) is 2.91. The molecule has 3 rings (SSSR count). The number of aromatic nitrogens is 1. The number of nitrogens with zero attached hydrogens (tertiary/aromatic N) is 1. The first-order valence-corrected chi connectivity index (χ1v) is 7.18. The molecule has 0 aliphatic rings. The van der Waals surface area contributed by atoms with Gasteiger partial charge < -0.3 is 10.7 Å². The molecule has 1 aromatic heterocycles. The highest BCUT2D eigenvalue weighted by Crippen LogP contribution is 2.31. The Morgan fingerprint density at radius 3 is 2.64 bits per heavy atom. The number of rotatable bonds is 4. The maximum atomic E-state index is 11.1. The van der Waals surface area contributed by atoms with Gasteiger partial charge in [0.25, 0.3) is 5.69 Å². The average molecular weight is 316 g/mol. The van der Waals surface area contributed by atoms with E-state index in [0.29, 0.717) is 22.3 Å². The molecule has 0 radical (unpaired) electrons. The van der Waals surface area contributed by atoms with Crippen LogP contribution in [0.25, 0.3) is 10.9 Å². The van der Waals surface area contributed by atoms with Gasteiger partial charge in [0.05, 0.1) is 4.92 Å². The summed E-state index contributed by atoms with van der Waals surface area (Å²) in [5, 5.41) is 12.2. The van der Waals surface area contributed by atoms with Gasteiger partial charge in [0.1, 0.15) is 5.52 Å². The molecule has 0 saturated carbocycles. The summed E-state index contributed by atoms with van der Waals surface area (Å²) in [6.07, 6.45) is 0.648. The van der Waals surface area contributed by atoms with Crippen molar-refractivity contribution >= 4 is 28.2 Å². The third-order valence-corrected chi connectivity index (χ3v) is 3.81. The Labute approximate surface area is 131 Å². The zero-order valence-corrected chi connectivity index (χ0v) is 12.4. The lowest BCUT2D eigenvalue weighted by Gasteiger charge is -2.09. The number of non-ortho nitro benzene ring substituents is 1. The van der Waals surface area contributed by atoms with Gasteiger partial charge in [-0.05, 0) is 24.1 Å². The van der Waals surface area contributed by atoms with Crippen molar-refractivity contribution in [2.45, 2.75) is 12.5 Å². The Morgan fingerprint density at radius 1 is 1.23 bits per heavy atom. The maximum absolute atomic E-state index is 11.1. The van der Waals surface area contributed by atoms with Crippen LogP contribution < -0.4 is 5.73 Å².